The first kappa shape index (κ1) is 11.5. The Hall–Kier alpha value is -1.02. The summed E-state index contributed by atoms with van der Waals surface area (Å²) in [5.74, 6) is 1.61. The van der Waals surface area contributed by atoms with Crippen molar-refractivity contribution >= 4 is 0 Å². The molecule has 0 amide bonds. The molecule has 1 aliphatic rings. The highest BCUT2D eigenvalue weighted by Gasteiger charge is 2.19. The lowest BCUT2D eigenvalue weighted by Gasteiger charge is -2.24. The first-order valence-corrected chi connectivity index (χ1v) is 6.18. The van der Waals surface area contributed by atoms with Crippen molar-refractivity contribution in [2.75, 3.05) is 6.61 Å². The Labute approximate surface area is 97.8 Å². The summed E-state index contributed by atoms with van der Waals surface area (Å²) in [6.07, 6.45) is 3.38. The molecule has 1 aliphatic carbocycles. The molecule has 1 aromatic carbocycles. The van der Waals surface area contributed by atoms with Crippen molar-refractivity contribution in [2.24, 2.45) is 11.7 Å². The minimum absolute atomic E-state index is 0.200. The van der Waals surface area contributed by atoms with E-state index in [4.69, 9.17) is 10.5 Å². The maximum Gasteiger partial charge on any atom is 0.122 e. The second kappa shape index (κ2) is 4.88. The maximum absolute atomic E-state index is 6.12. The highest BCUT2D eigenvalue weighted by Crippen LogP contribution is 2.34. The summed E-state index contributed by atoms with van der Waals surface area (Å²) >= 11 is 0. The zero-order valence-electron chi connectivity index (χ0n) is 10.2. The van der Waals surface area contributed by atoms with E-state index >= 15 is 0 Å². The lowest BCUT2D eigenvalue weighted by Crippen LogP contribution is -2.18. The van der Waals surface area contributed by atoms with Crippen LogP contribution in [0.1, 0.15) is 43.9 Å². The molecule has 0 saturated carbocycles. The summed E-state index contributed by atoms with van der Waals surface area (Å²) in [6, 6.07) is 6.46. The summed E-state index contributed by atoms with van der Waals surface area (Å²) in [7, 11) is 0. The molecule has 2 N–H and O–H groups in total. The smallest absolute Gasteiger partial charge is 0.122 e. The van der Waals surface area contributed by atoms with E-state index in [1.165, 1.54) is 17.5 Å². The molecule has 0 heterocycles. The molecule has 0 radical (unpaired) electrons. The molecule has 2 heteroatoms. The van der Waals surface area contributed by atoms with E-state index in [1.807, 2.05) is 0 Å². The second-order valence-electron chi connectivity index (χ2n) is 5.03. The fourth-order valence-corrected chi connectivity index (χ4v) is 2.24. The summed E-state index contributed by atoms with van der Waals surface area (Å²) in [5, 5.41) is 0. The highest BCUT2D eigenvalue weighted by molar-refractivity contribution is 5.43. The van der Waals surface area contributed by atoms with E-state index in [1.54, 1.807) is 0 Å². The third-order valence-corrected chi connectivity index (χ3v) is 3.08. The van der Waals surface area contributed by atoms with Gasteiger partial charge in [0.05, 0.1) is 6.61 Å². The van der Waals surface area contributed by atoms with Crippen molar-refractivity contribution in [1.82, 2.24) is 0 Å². The summed E-state index contributed by atoms with van der Waals surface area (Å²) in [4.78, 5) is 0. The number of rotatable bonds is 3. The molecule has 2 nitrogen and oxygen atoms in total. The van der Waals surface area contributed by atoms with Gasteiger partial charge >= 0.3 is 0 Å². The number of ether oxygens (including phenoxy) is 1. The molecule has 0 fully saturated rings. The van der Waals surface area contributed by atoms with Crippen LogP contribution in [0.2, 0.25) is 0 Å². The van der Waals surface area contributed by atoms with Gasteiger partial charge in [-0.05, 0) is 42.4 Å². The van der Waals surface area contributed by atoms with E-state index in [9.17, 15) is 0 Å². The highest BCUT2D eigenvalue weighted by atomic mass is 16.5. The molecule has 2 rings (SSSR count). The van der Waals surface area contributed by atoms with Gasteiger partial charge in [-0.1, -0.05) is 26.0 Å². The van der Waals surface area contributed by atoms with Crippen molar-refractivity contribution in [3.05, 3.63) is 29.3 Å². The normalized spacial score (nSPS) is 19.6. The summed E-state index contributed by atoms with van der Waals surface area (Å²) in [6.45, 7) is 5.12. The fraction of sp³-hybridized carbons (Fsp3) is 0.571. The van der Waals surface area contributed by atoms with Crippen LogP contribution < -0.4 is 10.5 Å². The van der Waals surface area contributed by atoms with Gasteiger partial charge in [0.1, 0.15) is 5.75 Å². The standard InChI is InChI=1S/C14H21NO/c1-10(2)9-16-14-8-4-5-11-12(14)6-3-7-13(11)15/h4-5,8,10,13H,3,6-7,9,15H2,1-2H3. The van der Waals surface area contributed by atoms with Gasteiger partial charge in [-0.15, -0.1) is 0 Å². The minimum Gasteiger partial charge on any atom is -0.493 e. The van der Waals surface area contributed by atoms with Crippen LogP contribution in [0.4, 0.5) is 0 Å². The molecular formula is C14H21NO. The number of benzene rings is 1. The average molecular weight is 219 g/mol. The third kappa shape index (κ3) is 2.38. The third-order valence-electron chi connectivity index (χ3n) is 3.08. The van der Waals surface area contributed by atoms with Gasteiger partial charge in [0.25, 0.3) is 0 Å². The van der Waals surface area contributed by atoms with E-state index < -0.39 is 0 Å². The van der Waals surface area contributed by atoms with Crippen molar-refractivity contribution in [3.63, 3.8) is 0 Å². The minimum atomic E-state index is 0.200. The zero-order chi connectivity index (χ0) is 11.5. The van der Waals surface area contributed by atoms with Crippen LogP contribution in [0.15, 0.2) is 18.2 Å². The summed E-state index contributed by atoms with van der Waals surface area (Å²) < 4.78 is 5.86. The van der Waals surface area contributed by atoms with Crippen LogP contribution in [-0.2, 0) is 6.42 Å². The zero-order valence-corrected chi connectivity index (χ0v) is 10.2. The molecule has 1 unspecified atom stereocenters. The first-order valence-electron chi connectivity index (χ1n) is 6.18. The molecule has 16 heavy (non-hydrogen) atoms. The molecule has 0 saturated heterocycles. The van der Waals surface area contributed by atoms with Crippen LogP contribution in [0.5, 0.6) is 5.75 Å². The number of hydrogen-bond donors (Lipinski definition) is 1. The van der Waals surface area contributed by atoms with Crippen molar-refractivity contribution in [2.45, 2.75) is 39.2 Å². The molecule has 0 aromatic heterocycles. The first-order chi connectivity index (χ1) is 7.68. The van der Waals surface area contributed by atoms with Gasteiger partial charge in [0.2, 0.25) is 0 Å². The monoisotopic (exact) mass is 219 g/mol. The van der Waals surface area contributed by atoms with Crippen molar-refractivity contribution < 1.29 is 4.74 Å². The second-order valence-corrected chi connectivity index (χ2v) is 5.03. The number of nitrogens with two attached hydrogens (primary N) is 1. The van der Waals surface area contributed by atoms with E-state index in [0.29, 0.717) is 5.92 Å². The van der Waals surface area contributed by atoms with E-state index in [2.05, 4.69) is 32.0 Å². The van der Waals surface area contributed by atoms with Gasteiger partial charge in [-0.3, -0.25) is 0 Å². The van der Waals surface area contributed by atoms with E-state index in [0.717, 1.165) is 25.2 Å². The largest absolute Gasteiger partial charge is 0.493 e. The Balaban J connectivity index is 2.22. The Morgan fingerprint density at radius 1 is 1.44 bits per heavy atom. The van der Waals surface area contributed by atoms with Crippen LogP contribution in [-0.4, -0.2) is 6.61 Å². The van der Waals surface area contributed by atoms with Crippen molar-refractivity contribution in [3.8, 4) is 5.75 Å². The van der Waals surface area contributed by atoms with Gasteiger partial charge in [0, 0.05) is 6.04 Å². The van der Waals surface area contributed by atoms with Gasteiger partial charge in [0.15, 0.2) is 0 Å². The van der Waals surface area contributed by atoms with Gasteiger partial charge in [-0.25, -0.2) is 0 Å². The molecule has 0 spiro atoms. The van der Waals surface area contributed by atoms with E-state index in [-0.39, 0.29) is 6.04 Å². The topological polar surface area (TPSA) is 35.2 Å². The summed E-state index contributed by atoms with van der Waals surface area (Å²) in [5.41, 5.74) is 8.74. The molecule has 1 atom stereocenters. The van der Waals surface area contributed by atoms with Crippen LogP contribution in [0.25, 0.3) is 0 Å². The Kier molecular flexibility index (Phi) is 3.49. The van der Waals surface area contributed by atoms with Crippen LogP contribution in [0.3, 0.4) is 0 Å². The number of fused-ring (bicyclic) bond motifs is 1. The quantitative estimate of drug-likeness (QED) is 0.848. The molecule has 1 aromatic rings. The Bertz CT molecular complexity index is 360. The molecule has 0 bridgehead atoms. The SMILES string of the molecule is CC(C)COc1cccc2c1CCCC2N. The molecule has 88 valence electrons. The van der Waals surface area contributed by atoms with Crippen LogP contribution >= 0.6 is 0 Å². The Morgan fingerprint density at radius 3 is 3.00 bits per heavy atom. The van der Waals surface area contributed by atoms with Gasteiger partial charge < -0.3 is 10.5 Å². The molecular weight excluding hydrogens is 198 g/mol. The van der Waals surface area contributed by atoms with Crippen molar-refractivity contribution in [1.29, 1.82) is 0 Å². The fourth-order valence-electron chi connectivity index (χ4n) is 2.24. The average Bonchev–Trinajstić information content (AvgIpc) is 2.27. The lowest BCUT2D eigenvalue weighted by molar-refractivity contribution is 0.267. The van der Waals surface area contributed by atoms with Gasteiger partial charge in [-0.2, -0.15) is 0 Å². The number of hydrogen-bond acceptors (Lipinski definition) is 2. The maximum atomic E-state index is 6.12. The van der Waals surface area contributed by atoms with Crippen LogP contribution in [0, 0.1) is 5.92 Å². The predicted molar refractivity (Wildman–Crippen MR) is 66.6 cm³/mol. The lowest BCUT2D eigenvalue weighted by atomic mass is 9.87. The molecule has 0 aliphatic heterocycles. The predicted octanol–water partition coefficient (Wildman–Crippen LogP) is 3.06. The Morgan fingerprint density at radius 2 is 2.25 bits per heavy atom.